The standard InChI is InChI=1S/C14H14ClN3OS2/c15-12-7-11(4-3-10(12)8-16)17-13(19)9-21-14(20)18-5-1-2-6-18/h3-4,7H,1-2,5-6,9H2,(H,17,19). The maximum absolute atomic E-state index is 11.9. The summed E-state index contributed by atoms with van der Waals surface area (Å²) in [4.78, 5) is 14.0. The first-order chi connectivity index (χ1) is 10.1. The van der Waals surface area contributed by atoms with Crippen LogP contribution in [0, 0.1) is 11.3 Å². The smallest absolute Gasteiger partial charge is 0.234 e. The number of nitrogens with zero attached hydrogens (tertiary/aromatic N) is 2. The fourth-order valence-corrected chi connectivity index (χ4v) is 3.27. The second-order valence-electron chi connectivity index (χ2n) is 4.60. The van der Waals surface area contributed by atoms with E-state index in [0.717, 1.165) is 30.3 Å². The number of amides is 1. The molecule has 0 unspecified atom stereocenters. The highest BCUT2D eigenvalue weighted by molar-refractivity contribution is 8.23. The number of hydrogen-bond donors (Lipinski definition) is 1. The van der Waals surface area contributed by atoms with Gasteiger partial charge in [-0.2, -0.15) is 5.26 Å². The number of likely N-dealkylation sites (tertiary alicyclic amines) is 1. The van der Waals surface area contributed by atoms with Gasteiger partial charge in [-0.25, -0.2) is 0 Å². The minimum atomic E-state index is -0.137. The number of nitrogens with one attached hydrogen (secondary N) is 1. The molecule has 2 rings (SSSR count). The Kier molecular flexibility index (Phi) is 5.85. The van der Waals surface area contributed by atoms with Crippen molar-refractivity contribution >= 4 is 51.5 Å². The molecule has 0 aromatic heterocycles. The van der Waals surface area contributed by atoms with E-state index in [1.54, 1.807) is 18.2 Å². The molecule has 1 heterocycles. The van der Waals surface area contributed by atoms with E-state index in [4.69, 9.17) is 29.1 Å². The number of halogens is 1. The molecule has 1 fully saturated rings. The summed E-state index contributed by atoms with van der Waals surface area (Å²) in [7, 11) is 0. The van der Waals surface area contributed by atoms with Crippen LogP contribution >= 0.6 is 35.6 Å². The number of nitriles is 1. The first-order valence-corrected chi connectivity index (χ1v) is 8.28. The number of carbonyl (C=O) groups is 1. The Morgan fingerprint density at radius 1 is 1.48 bits per heavy atom. The summed E-state index contributed by atoms with van der Waals surface area (Å²) in [6.07, 6.45) is 2.33. The van der Waals surface area contributed by atoms with Crippen LogP contribution in [0.25, 0.3) is 0 Å². The first-order valence-electron chi connectivity index (χ1n) is 6.51. The van der Waals surface area contributed by atoms with Gasteiger partial charge >= 0.3 is 0 Å². The monoisotopic (exact) mass is 339 g/mol. The summed E-state index contributed by atoms with van der Waals surface area (Å²) in [6.45, 7) is 1.97. The fraction of sp³-hybridized carbons (Fsp3) is 0.357. The molecule has 0 atom stereocenters. The SMILES string of the molecule is N#Cc1ccc(NC(=O)CSC(=S)N2CCCC2)cc1Cl. The third kappa shape index (κ3) is 4.60. The second-order valence-corrected chi connectivity index (χ2v) is 6.62. The third-order valence-corrected chi connectivity index (χ3v) is 4.90. The van der Waals surface area contributed by atoms with E-state index < -0.39 is 0 Å². The van der Waals surface area contributed by atoms with Crippen molar-refractivity contribution in [2.75, 3.05) is 24.2 Å². The van der Waals surface area contributed by atoms with Crippen molar-refractivity contribution in [1.82, 2.24) is 4.90 Å². The maximum Gasteiger partial charge on any atom is 0.234 e. The van der Waals surface area contributed by atoms with Gasteiger partial charge in [0.25, 0.3) is 0 Å². The van der Waals surface area contributed by atoms with Crippen LogP contribution in [0.4, 0.5) is 5.69 Å². The maximum atomic E-state index is 11.9. The van der Waals surface area contributed by atoms with Crippen LogP contribution in [0.2, 0.25) is 5.02 Å². The average molecular weight is 340 g/mol. The Morgan fingerprint density at radius 2 is 2.19 bits per heavy atom. The van der Waals surface area contributed by atoms with Gasteiger partial charge in [-0.05, 0) is 31.0 Å². The van der Waals surface area contributed by atoms with Crippen molar-refractivity contribution in [3.05, 3.63) is 28.8 Å². The van der Waals surface area contributed by atoms with E-state index >= 15 is 0 Å². The molecule has 110 valence electrons. The quantitative estimate of drug-likeness (QED) is 0.856. The van der Waals surface area contributed by atoms with Crippen molar-refractivity contribution in [2.45, 2.75) is 12.8 Å². The van der Waals surface area contributed by atoms with Crippen LogP contribution in [0.5, 0.6) is 0 Å². The van der Waals surface area contributed by atoms with Gasteiger partial charge in [-0.3, -0.25) is 4.79 Å². The van der Waals surface area contributed by atoms with Crippen LogP contribution in [0.15, 0.2) is 18.2 Å². The number of thioether (sulfide) groups is 1. The van der Waals surface area contributed by atoms with E-state index in [-0.39, 0.29) is 11.7 Å². The molecular weight excluding hydrogens is 326 g/mol. The predicted molar refractivity (Wildman–Crippen MR) is 90.7 cm³/mol. The Bertz CT molecular complexity index is 594. The van der Waals surface area contributed by atoms with E-state index in [9.17, 15) is 4.79 Å². The molecule has 0 aliphatic carbocycles. The molecule has 4 nitrogen and oxygen atoms in total. The van der Waals surface area contributed by atoms with Crippen molar-refractivity contribution in [3.63, 3.8) is 0 Å². The molecule has 0 saturated carbocycles. The number of thiocarbonyl (C=S) groups is 1. The van der Waals surface area contributed by atoms with Crippen molar-refractivity contribution in [3.8, 4) is 6.07 Å². The summed E-state index contributed by atoms with van der Waals surface area (Å²) in [5.41, 5.74) is 0.968. The van der Waals surface area contributed by atoms with Gasteiger partial charge in [0.05, 0.1) is 16.3 Å². The Balaban J connectivity index is 1.83. The molecule has 7 heteroatoms. The molecule has 1 aliphatic heterocycles. The van der Waals surface area contributed by atoms with Crippen LogP contribution < -0.4 is 5.32 Å². The zero-order chi connectivity index (χ0) is 15.2. The van der Waals surface area contributed by atoms with Crippen molar-refractivity contribution < 1.29 is 4.79 Å². The van der Waals surface area contributed by atoms with E-state index in [1.807, 2.05) is 6.07 Å². The normalized spacial score (nSPS) is 13.8. The zero-order valence-corrected chi connectivity index (χ0v) is 13.7. The molecule has 1 saturated heterocycles. The van der Waals surface area contributed by atoms with Crippen molar-refractivity contribution in [2.24, 2.45) is 0 Å². The topological polar surface area (TPSA) is 56.1 Å². The highest BCUT2D eigenvalue weighted by atomic mass is 35.5. The Hall–Kier alpha value is -1.29. The summed E-state index contributed by atoms with van der Waals surface area (Å²) < 4.78 is 0.778. The lowest BCUT2D eigenvalue weighted by atomic mass is 10.2. The highest BCUT2D eigenvalue weighted by Crippen LogP contribution is 2.21. The molecule has 21 heavy (non-hydrogen) atoms. The van der Waals surface area contributed by atoms with Crippen LogP contribution in [0.1, 0.15) is 18.4 Å². The van der Waals surface area contributed by atoms with E-state index in [1.165, 1.54) is 11.8 Å². The molecule has 1 amide bonds. The molecule has 1 aliphatic rings. The fourth-order valence-electron chi connectivity index (χ4n) is 2.00. The number of rotatable bonds is 3. The first kappa shape index (κ1) is 16.1. The molecule has 1 aromatic carbocycles. The lowest BCUT2D eigenvalue weighted by Gasteiger charge is -2.17. The minimum Gasteiger partial charge on any atom is -0.358 e. The molecule has 0 radical (unpaired) electrons. The van der Waals surface area contributed by atoms with Gasteiger partial charge in [0, 0.05) is 18.8 Å². The summed E-state index contributed by atoms with van der Waals surface area (Å²) in [6, 6.07) is 6.79. The van der Waals surface area contributed by atoms with Crippen LogP contribution in [-0.4, -0.2) is 34.0 Å². The highest BCUT2D eigenvalue weighted by Gasteiger charge is 2.16. The molecule has 1 N–H and O–H groups in total. The molecule has 1 aromatic rings. The van der Waals surface area contributed by atoms with Crippen LogP contribution in [-0.2, 0) is 4.79 Å². The van der Waals surface area contributed by atoms with Gasteiger partial charge < -0.3 is 10.2 Å². The van der Waals surface area contributed by atoms with Crippen molar-refractivity contribution in [1.29, 1.82) is 5.26 Å². The minimum absolute atomic E-state index is 0.137. The Morgan fingerprint density at radius 3 is 2.81 bits per heavy atom. The third-order valence-electron chi connectivity index (χ3n) is 3.06. The molecular formula is C14H14ClN3OS2. The van der Waals surface area contributed by atoms with E-state index in [2.05, 4.69) is 10.2 Å². The zero-order valence-electron chi connectivity index (χ0n) is 11.3. The summed E-state index contributed by atoms with van der Waals surface area (Å²) >= 11 is 12.6. The lowest BCUT2D eigenvalue weighted by Crippen LogP contribution is -2.25. The van der Waals surface area contributed by atoms with Crippen LogP contribution in [0.3, 0.4) is 0 Å². The lowest BCUT2D eigenvalue weighted by molar-refractivity contribution is -0.113. The largest absolute Gasteiger partial charge is 0.358 e. The number of anilines is 1. The predicted octanol–water partition coefficient (Wildman–Crippen LogP) is 3.26. The Labute approximate surface area is 138 Å². The summed E-state index contributed by atoms with van der Waals surface area (Å²) in [5, 5.41) is 11.9. The van der Waals surface area contributed by atoms with Gasteiger partial charge in [0.15, 0.2) is 0 Å². The number of carbonyl (C=O) groups excluding carboxylic acids is 1. The summed E-state index contributed by atoms with van der Waals surface area (Å²) in [5.74, 6) is 0.134. The van der Waals surface area contributed by atoms with E-state index in [0.29, 0.717) is 16.3 Å². The van der Waals surface area contributed by atoms with Gasteiger partial charge in [-0.1, -0.05) is 35.6 Å². The second kappa shape index (κ2) is 7.64. The van der Waals surface area contributed by atoms with Gasteiger partial charge in [-0.15, -0.1) is 0 Å². The van der Waals surface area contributed by atoms with Gasteiger partial charge in [0.1, 0.15) is 10.4 Å². The molecule has 0 spiro atoms. The average Bonchev–Trinajstić information content (AvgIpc) is 2.99. The number of benzene rings is 1. The molecule has 0 bridgehead atoms. The number of hydrogen-bond acceptors (Lipinski definition) is 4. The van der Waals surface area contributed by atoms with Gasteiger partial charge in [0.2, 0.25) is 5.91 Å².